The fourth-order valence-corrected chi connectivity index (χ4v) is 3.20. The number of fused-ring (bicyclic) bond motifs is 1. The molecule has 1 unspecified atom stereocenters. The SMILES string of the molecule is C[C@@H]1CNC[C@H]1c1nc(C2COc3ccccc3C2)no1. The standard InChI is InChI=1S/C16H19N3O2/c1-10-7-17-8-13(10)16-18-15(19-21-16)12-6-11-4-2-3-5-14(11)20-9-12/h2-5,10,12-13,17H,6-9H2,1H3/t10-,12?,13-/m1/s1. The third-order valence-corrected chi connectivity index (χ3v) is 4.54. The normalized spacial score (nSPS) is 28.1. The zero-order chi connectivity index (χ0) is 14.2. The van der Waals surface area contributed by atoms with Gasteiger partial charge in [0.15, 0.2) is 5.82 Å². The Morgan fingerprint density at radius 2 is 2.14 bits per heavy atom. The minimum absolute atomic E-state index is 0.182. The molecule has 21 heavy (non-hydrogen) atoms. The molecule has 3 atom stereocenters. The summed E-state index contributed by atoms with van der Waals surface area (Å²) in [4.78, 5) is 4.64. The fraction of sp³-hybridized carbons (Fsp3) is 0.500. The maximum absolute atomic E-state index is 5.81. The average molecular weight is 285 g/mol. The second-order valence-electron chi connectivity index (χ2n) is 6.05. The number of para-hydroxylation sites is 1. The number of aromatic nitrogens is 2. The molecule has 1 aromatic carbocycles. The van der Waals surface area contributed by atoms with Crippen LogP contribution in [0.2, 0.25) is 0 Å². The van der Waals surface area contributed by atoms with Crippen LogP contribution in [-0.2, 0) is 6.42 Å². The first-order chi connectivity index (χ1) is 10.3. The molecule has 4 rings (SSSR count). The maximum atomic E-state index is 5.81. The summed E-state index contributed by atoms with van der Waals surface area (Å²) >= 11 is 0. The first-order valence-corrected chi connectivity index (χ1v) is 7.56. The number of ether oxygens (including phenoxy) is 1. The lowest BCUT2D eigenvalue weighted by Gasteiger charge is -2.22. The molecule has 2 aliphatic rings. The first kappa shape index (κ1) is 12.8. The summed E-state index contributed by atoms with van der Waals surface area (Å²) < 4.78 is 11.3. The average Bonchev–Trinajstić information content (AvgIpc) is 3.15. The Morgan fingerprint density at radius 3 is 3.00 bits per heavy atom. The van der Waals surface area contributed by atoms with Crippen molar-refractivity contribution in [2.24, 2.45) is 5.92 Å². The largest absolute Gasteiger partial charge is 0.493 e. The molecule has 110 valence electrons. The van der Waals surface area contributed by atoms with Crippen molar-refractivity contribution >= 4 is 0 Å². The predicted molar refractivity (Wildman–Crippen MR) is 77.5 cm³/mol. The van der Waals surface area contributed by atoms with Crippen LogP contribution in [0.5, 0.6) is 5.75 Å². The molecule has 0 bridgehead atoms. The molecule has 2 aliphatic heterocycles. The molecule has 0 aliphatic carbocycles. The quantitative estimate of drug-likeness (QED) is 0.915. The molecule has 1 aromatic heterocycles. The van der Waals surface area contributed by atoms with Gasteiger partial charge in [0.05, 0.1) is 18.4 Å². The highest BCUT2D eigenvalue weighted by atomic mass is 16.5. The van der Waals surface area contributed by atoms with E-state index >= 15 is 0 Å². The van der Waals surface area contributed by atoms with Gasteiger partial charge in [-0.05, 0) is 30.5 Å². The van der Waals surface area contributed by atoms with Crippen LogP contribution < -0.4 is 10.1 Å². The van der Waals surface area contributed by atoms with Gasteiger partial charge in [0.2, 0.25) is 5.89 Å². The zero-order valence-electron chi connectivity index (χ0n) is 12.1. The molecule has 5 heteroatoms. The van der Waals surface area contributed by atoms with Gasteiger partial charge in [-0.25, -0.2) is 0 Å². The Labute approximate surface area is 123 Å². The van der Waals surface area contributed by atoms with E-state index in [1.165, 1.54) is 5.56 Å². The van der Waals surface area contributed by atoms with Crippen LogP contribution in [0.4, 0.5) is 0 Å². The van der Waals surface area contributed by atoms with Crippen molar-refractivity contribution in [3.63, 3.8) is 0 Å². The van der Waals surface area contributed by atoms with Crippen LogP contribution in [0.25, 0.3) is 0 Å². The molecular weight excluding hydrogens is 266 g/mol. The number of nitrogens with zero attached hydrogens (tertiary/aromatic N) is 2. The van der Waals surface area contributed by atoms with Crippen LogP contribution >= 0.6 is 0 Å². The molecule has 0 amide bonds. The van der Waals surface area contributed by atoms with Gasteiger partial charge in [0, 0.05) is 6.54 Å². The monoisotopic (exact) mass is 285 g/mol. The Balaban J connectivity index is 1.54. The van der Waals surface area contributed by atoms with E-state index in [2.05, 4.69) is 28.4 Å². The number of hydrogen-bond acceptors (Lipinski definition) is 5. The number of nitrogens with one attached hydrogen (secondary N) is 1. The molecule has 1 saturated heterocycles. The highest BCUT2D eigenvalue weighted by Gasteiger charge is 2.31. The Hall–Kier alpha value is -1.88. The molecule has 0 saturated carbocycles. The molecule has 2 aromatic rings. The van der Waals surface area contributed by atoms with Crippen molar-refractivity contribution in [3.8, 4) is 5.75 Å². The maximum Gasteiger partial charge on any atom is 0.231 e. The summed E-state index contributed by atoms with van der Waals surface area (Å²) in [7, 11) is 0. The van der Waals surface area contributed by atoms with Gasteiger partial charge in [-0.15, -0.1) is 0 Å². The summed E-state index contributed by atoms with van der Waals surface area (Å²) in [5.74, 6) is 3.58. The van der Waals surface area contributed by atoms with E-state index in [0.29, 0.717) is 18.4 Å². The first-order valence-electron chi connectivity index (χ1n) is 7.56. The van der Waals surface area contributed by atoms with Gasteiger partial charge in [0.1, 0.15) is 5.75 Å². The van der Waals surface area contributed by atoms with E-state index in [4.69, 9.17) is 9.26 Å². The van der Waals surface area contributed by atoms with Gasteiger partial charge in [-0.1, -0.05) is 30.3 Å². The molecule has 0 radical (unpaired) electrons. The smallest absolute Gasteiger partial charge is 0.231 e. The van der Waals surface area contributed by atoms with E-state index in [-0.39, 0.29) is 5.92 Å². The second kappa shape index (κ2) is 5.15. The van der Waals surface area contributed by atoms with Gasteiger partial charge >= 0.3 is 0 Å². The molecule has 1 fully saturated rings. The molecule has 0 spiro atoms. The topological polar surface area (TPSA) is 60.2 Å². The summed E-state index contributed by atoms with van der Waals surface area (Å²) in [6.07, 6.45) is 0.910. The van der Waals surface area contributed by atoms with Crippen LogP contribution in [-0.4, -0.2) is 29.8 Å². The van der Waals surface area contributed by atoms with E-state index in [9.17, 15) is 0 Å². The molecule has 5 nitrogen and oxygen atoms in total. The van der Waals surface area contributed by atoms with Crippen molar-refractivity contribution in [2.75, 3.05) is 19.7 Å². The van der Waals surface area contributed by atoms with Crippen molar-refractivity contribution in [1.82, 2.24) is 15.5 Å². The van der Waals surface area contributed by atoms with Gasteiger partial charge in [0.25, 0.3) is 0 Å². The lowest BCUT2D eigenvalue weighted by atomic mass is 9.96. The van der Waals surface area contributed by atoms with Crippen LogP contribution in [0.15, 0.2) is 28.8 Å². The molecule has 3 heterocycles. The van der Waals surface area contributed by atoms with E-state index < -0.39 is 0 Å². The predicted octanol–water partition coefficient (Wildman–Crippen LogP) is 2.11. The third kappa shape index (κ3) is 2.31. The van der Waals surface area contributed by atoms with Crippen molar-refractivity contribution in [1.29, 1.82) is 0 Å². The Bertz CT molecular complexity index is 640. The summed E-state index contributed by atoms with van der Waals surface area (Å²) in [6.45, 7) is 4.78. The van der Waals surface area contributed by atoms with E-state index in [0.717, 1.165) is 37.0 Å². The van der Waals surface area contributed by atoms with Crippen LogP contribution in [0.1, 0.15) is 36.0 Å². The van der Waals surface area contributed by atoms with Crippen molar-refractivity contribution in [2.45, 2.75) is 25.2 Å². The summed E-state index contributed by atoms with van der Waals surface area (Å²) in [5.41, 5.74) is 1.22. The minimum atomic E-state index is 0.182. The van der Waals surface area contributed by atoms with Gasteiger partial charge < -0.3 is 14.6 Å². The highest BCUT2D eigenvalue weighted by Crippen LogP contribution is 2.32. The van der Waals surface area contributed by atoms with Crippen LogP contribution in [0, 0.1) is 5.92 Å². The van der Waals surface area contributed by atoms with Gasteiger partial charge in [-0.2, -0.15) is 4.98 Å². The number of rotatable bonds is 2. The van der Waals surface area contributed by atoms with E-state index in [1.807, 2.05) is 18.2 Å². The van der Waals surface area contributed by atoms with Crippen molar-refractivity contribution in [3.05, 3.63) is 41.5 Å². The lowest BCUT2D eigenvalue weighted by molar-refractivity contribution is 0.253. The van der Waals surface area contributed by atoms with Gasteiger partial charge in [-0.3, -0.25) is 0 Å². The molecule has 1 N–H and O–H groups in total. The molecular formula is C16H19N3O2. The fourth-order valence-electron chi connectivity index (χ4n) is 3.20. The minimum Gasteiger partial charge on any atom is -0.493 e. The van der Waals surface area contributed by atoms with Crippen LogP contribution in [0.3, 0.4) is 0 Å². The third-order valence-electron chi connectivity index (χ3n) is 4.54. The van der Waals surface area contributed by atoms with E-state index in [1.54, 1.807) is 0 Å². The summed E-state index contributed by atoms with van der Waals surface area (Å²) in [5, 5.41) is 7.57. The number of hydrogen-bond donors (Lipinski definition) is 1. The Kier molecular flexibility index (Phi) is 3.15. The Morgan fingerprint density at radius 1 is 1.24 bits per heavy atom. The zero-order valence-corrected chi connectivity index (χ0v) is 12.1. The summed E-state index contributed by atoms with van der Waals surface area (Å²) in [6, 6.07) is 8.16. The number of benzene rings is 1. The lowest BCUT2D eigenvalue weighted by Crippen LogP contribution is -2.20. The highest BCUT2D eigenvalue weighted by molar-refractivity contribution is 5.36. The second-order valence-corrected chi connectivity index (χ2v) is 6.05. The van der Waals surface area contributed by atoms with Crippen molar-refractivity contribution < 1.29 is 9.26 Å².